The first-order valence-electron chi connectivity index (χ1n) is 10.4. The van der Waals surface area contributed by atoms with Gasteiger partial charge in [-0.05, 0) is 37.8 Å². The molecule has 0 bridgehead atoms. The summed E-state index contributed by atoms with van der Waals surface area (Å²) in [6.07, 6.45) is 4.47. The molecule has 0 saturated carbocycles. The molecule has 2 atom stereocenters. The molecule has 0 aromatic heterocycles. The number of para-hydroxylation sites is 1. The number of carbonyl (C=O) groups excluding carboxylic acids is 1. The lowest BCUT2D eigenvalue weighted by Crippen LogP contribution is -2.52. The Hall–Kier alpha value is -1.99. The number of hydrogen-bond acceptors (Lipinski definition) is 4. The zero-order valence-corrected chi connectivity index (χ0v) is 18.1. The molecule has 160 valence electrons. The molecule has 2 unspecified atom stereocenters. The lowest BCUT2D eigenvalue weighted by Gasteiger charge is -2.36. The van der Waals surface area contributed by atoms with E-state index in [1.54, 1.807) is 19.0 Å². The highest BCUT2D eigenvalue weighted by atomic mass is 35.5. The van der Waals surface area contributed by atoms with Gasteiger partial charge >= 0.3 is 0 Å². The highest BCUT2D eigenvalue weighted by Crippen LogP contribution is 2.27. The minimum absolute atomic E-state index is 0.0236. The summed E-state index contributed by atoms with van der Waals surface area (Å²) in [7, 11) is 3.49. The van der Waals surface area contributed by atoms with E-state index in [0.29, 0.717) is 12.5 Å². The van der Waals surface area contributed by atoms with Crippen LogP contribution in [0.15, 0.2) is 29.3 Å². The van der Waals surface area contributed by atoms with Gasteiger partial charge in [0.1, 0.15) is 6.54 Å². The topological polar surface area (TPSA) is 69.2 Å². The zero-order chi connectivity index (χ0) is 20.6. The van der Waals surface area contributed by atoms with Gasteiger partial charge in [0, 0.05) is 46.4 Å². The summed E-state index contributed by atoms with van der Waals surface area (Å²) in [6.45, 7) is 3.46. The molecule has 0 aliphatic carbocycles. The number of benzene rings is 1. The van der Waals surface area contributed by atoms with Crippen molar-refractivity contribution in [3.63, 3.8) is 0 Å². The van der Waals surface area contributed by atoms with Crippen LogP contribution in [0.2, 0.25) is 5.02 Å². The quantitative estimate of drug-likeness (QED) is 0.544. The van der Waals surface area contributed by atoms with Crippen LogP contribution in [0.4, 0.5) is 5.69 Å². The molecule has 2 N–H and O–H groups in total. The number of aliphatic imine (C=N–C) groups is 1. The Labute approximate surface area is 178 Å². The van der Waals surface area contributed by atoms with Crippen molar-refractivity contribution in [3.05, 3.63) is 29.3 Å². The second-order valence-corrected chi connectivity index (χ2v) is 8.26. The van der Waals surface area contributed by atoms with Crippen LogP contribution in [0.3, 0.4) is 0 Å². The number of hydrogen-bond donors (Lipinski definition) is 2. The van der Waals surface area contributed by atoms with Gasteiger partial charge in [-0.25, -0.2) is 4.99 Å². The number of likely N-dealkylation sites (N-methyl/N-ethyl adjacent to an activating group) is 1. The fourth-order valence-electron chi connectivity index (χ4n) is 3.67. The smallest absolute Gasteiger partial charge is 0.243 e. The van der Waals surface area contributed by atoms with E-state index >= 15 is 0 Å². The molecule has 2 saturated heterocycles. The summed E-state index contributed by atoms with van der Waals surface area (Å²) in [5.74, 6) is 0.645. The van der Waals surface area contributed by atoms with Gasteiger partial charge in [0.15, 0.2) is 5.96 Å². The van der Waals surface area contributed by atoms with Crippen LogP contribution in [0.1, 0.15) is 25.7 Å². The van der Waals surface area contributed by atoms with Crippen molar-refractivity contribution in [3.8, 4) is 0 Å². The fraction of sp³-hybridized carbons (Fsp3) is 0.619. The van der Waals surface area contributed by atoms with Gasteiger partial charge in [0.25, 0.3) is 0 Å². The van der Waals surface area contributed by atoms with Gasteiger partial charge in [-0.3, -0.25) is 4.79 Å². The van der Waals surface area contributed by atoms with E-state index in [0.717, 1.165) is 56.1 Å². The second kappa shape index (κ2) is 10.7. The number of piperidine rings is 1. The highest BCUT2D eigenvalue weighted by Gasteiger charge is 2.23. The lowest BCUT2D eigenvalue weighted by molar-refractivity contribution is -0.127. The number of nitrogens with one attached hydrogen (secondary N) is 2. The fourth-order valence-corrected chi connectivity index (χ4v) is 3.93. The van der Waals surface area contributed by atoms with Gasteiger partial charge in [0.2, 0.25) is 5.91 Å². The third kappa shape index (κ3) is 6.51. The van der Waals surface area contributed by atoms with E-state index in [9.17, 15) is 4.79 Å². The minimum Gasteiger partial charge on any atom is -0.376 e. The molecular formula is C21H32ClN5O2. The van der Waals surface area contributed by atoms with Crippen LogP contribution in [0.5, 0.6) is 0 Å². The first-order chi connectivity index (χ1) is 14.0. The van der Waals surface area contributed by atoms with Crippen LogP contribution < -0.4 is 15.5 Å². The largest absolute Gasteiger partial charge is 0.376 e. The molecule has 2 heterocycles. The summed E-state index contributed by atoms with van der Waals surface area (Å²) in [5, 5.41) is 7.66. The maximum atomic E-state index is 12.0. The Morgan fingerprint density at radius 3 is 2.86 bits per heavy atom. The predicted molar refractivity (Wildman–Crippen MR) is 118 cm³/mol. The number of nitrogens with zero attached hydrogens (tertiary/aromatic N) is 3. The van der Waals surface area contributed by atoms with Crippen molar-refractivity contribution in [1.29, 1.82) is 0 Å². The number of halogens is 1. The van der Waals surface area contributed by atoms with Crippen molar-refractivity contribution >= 4 is 29.2 Å². The normalized spacial score (nSPS) is 22.4. The van der Waals surface area contributed by atoms with Gasteiger partial charge in [-0.2, -0.15) is 0 Å². The maximum Gasteiger partial charge on any atom is 0.243 e. The summed E-state index contributed by atoms with van der Waals surface area (Å²) in [5.41, 5.74) is 1.06. The molecule has 2 fully saturated rings. The average molecular weight is 422 g/mol. The number of rotatable bonds is 6. The van der Waals surface area contributed by atoms with Crippen molar-refractivity contribution in [1.82, 2.24) is 15.5 Å². The van der Waals surface area contributed by atoms with E-state index in [1.807, 2.05) is 18.2 Å². The molecule has 1 aromatic rings. The van der Waals surface area contributed by atoms with Crippen molar-refractivity contribution < 1.29 is 9.53 Å². The van der Waals surface area contributed by atoms with Crippen molar-refractivity contribution in [2.45, 2.75) is 37.8 Å². The van der Waals surface area contributed by atoms with E-state index in [-0.39, 0.29) is 24.6 Å². The number of carbonyl (C=O) groups is 1. The maximum absolute atomic E-state index is 12.0. The highest BCUT2D eigenvalue weighted by molar-refractivity contribution is 6.33. The SMILES string of the molecule is CN(C)C(=O)CN=C(NCC1CCCO1)NC1CCCN(c2ccccc2Cl)C1. The molecule has 1 aromatic carbocycles. The molecular weight excluding hydrogens is 390 g/mol. The first-order valence-corrected chi connectivity index (χ1v) is 10.8. The molecule has 3 rings (SSSR count). The molecule has 2 aliphatic rings. The molecule has 29 heavy (non-hydrogen) atoms. The summed E-state index contributed by atoms with van der Waals surface area (Å²) >= 11 is 6.39. The summed E-state index contributed by atoms with van der Waals surface area (Å²) in [6, 6.07) is 8.18. The molecule has 0 radical (unpaired) electrons. The molecule has 1 amide bonds. The Morgan fingerprint density at radius 1 is 1.31 bits per heavy atom. The van der Waals surface area contributed by atoms with Crippen molar-refractivity contribution in [2.24, 2.45) is 4.99 Å². The standard InChI is InChI=1S/C21H32ClN5O2/c1-26(2)20(28)14-24-21(23-13-17-8-6-12-29-17)25-16-7-5-11-27(15-16)19-10-4-3-9-18(19)22/h3-4,9-10,16-17H,5-8,11-15H2,1-2H3,(H2,23,24,25). The van der Waals surface area contributed by atoms with Gasteiger partial charge in [-0.1, -0.05) is 23.7 Å². The van der Waals surface area contributed by atoms with Gasteiger partial charge in [0.05, 0.1) is 16.8 Å². The molecule has 7 nitrogen and oxygen atoms in total. The van der Waals surface area contributed by atoms with E-state index in [1.165, 1.54) is 0 Å². The lowest BCUT2D eigenvalue weighted by atomic mass is 10.0. The van der Waals surface area contributed by atoms with Crippen LogP contribution in [-0.2, 0) is 9.53 Å². The van der Waals surface area contributed by atoms with Crippen LogP contribution >= 0.6 is 11.6 Å². The number of guanidine groups is 1. The van der Waals surface area contributed by atoms with Crippen LogP contribution in [0, 0.1) is 0 Å². The Kier molecular flexibility index (Phi) is 8.00. The van der Waals surface area contributed by atoms with Crippen molar-refractivity contribution in [2.75, 3.05) is 51.8 Å². The summed E-state index contributed by atoms with van der Waals surface area (Å²) < 4.78 is 5.70. The monoisotopic (exact) mass is 421 g/mol. The number of ether oxygens (including phenoxy) is 1. The van der Waals surface area contributed by atoms with Crippen LogP contribution in [-0.4, -0.2) is 75.8 Å². The molecule has 0 spiro atoms. The second-order valence-electron chi connectivity index (χ2n) is 7.85. The Bertz CT molecular complexity index is 706. The van der Waals surface area contributed by atoms with E-state index in [2.05, 4.69) is 26.6 Å². The average Bonchev–Trinajstić information content (AvgIpc) is 3.24. The minimum atomic E-state index is -0.0236. The third-order valence-corrected chi connectivity index (χ3v) is 5.67. The first kappa shape index (κ1) is 21.7. The molecule has 2 aliphatic heterocycles. The van der Waals surface area contributed by atoms with E-state index in [4.69, 9.17) is 16.3 Å². The predicted octanol–water partition coefficient (Wildman–Crippen LogP) is 2.11. The zero-order valence-electron chi connectivity index (χ0n) is 17.4. The van der Waals surface area contributed by atoms with Gasteiger partial charge in [-0.15, -0.1) is 0 Å². The third-order valence-electron chi connectivity index (χ3n) is 5.35. The number of anilines is 1. The summed E-state index contributed by atoms with van der Waals surface area (Å²) in [4.78, 5) is 20.4. The Morgan fingerprint density at radius 2 is 2.14 bits per heavy atom. The van der Waals surface area contributed by atoms with E-state index < -0.39 is 0 Å². The Balaban J connectivity index is 1.62. The number of amides is 1. The molecule has 8 heteroatoms. The van der Waals surface area contributed by atoms with Gasteiger partial charge < -0.3 is 25.2 Å². The van der Waals surface area contributed by atoms with Crippen LogP contribution in [0.25, 0.3) is 0 Å².